The van der Waals surface area contributed by atoms with Crippen LogP contribution >= 0.6 is 0 Å². The number of rotatable bonds is 10. The molecule has 216 valence electrons. The van der Waals surface area contributed by atoms with Crippen molar-refractivity contribution in [2.75, 3.05) is 13.7 Å². The molecule has 1 unspecified atom stereocenters. The minimum absolute atomic E-state index is 0.0165. The molecule has 4 aromatic rings. The lowest BCUT2D eigenvalue weighted by atomic mass is 9.83. The number of esters is 1. The van der Waals surface area contributed by atoms with Gasteiger partial charge in [-0.05, 0) is 61.2 Å². The number of fused-ring (bicyclic) bond motifs is 2. The molecule has 3 aromatic carbocycles. The van der Waals surface area contributed by atoms with Gasteiger partial charge in [0.15, 0.2) is 11.5 Å². The van der Waals surface area contributed by atoms with Crippen molar-refractivity contribution < 1.29 is 28.2 Å². The molecule has 0 fully saturated rings. The number of hydrogen-bond acceptors (Lipinski definition) is 8. The van der Waals surface area contributed by atoms with Gasteiger partial charge in [-0.2, -0.15) is 5.26 Å². The minimum Gasteiger partial charge on any atom is -0.493 e. The number of carbonyl (C=O) groups excluding carboxylic acids is 1. The topological polar surface area (TPSA) is 117 Å². The molecular weight excluding hydrogens is 532 g/mol. The van der Waals surface area contributed by atoms with Gasteiger partial charge in [0, 0.05) is 22.6 Å². The Bertz CT molecular complexity index is 1710. The van der Waals surface area contributed by atoms with Crippen LogP contribution in [-0.4, -0.2) is 19.7 Å². The number of nitrogens with two attached hydrogens (primary N) is 1. The number of ether oxygens (including phenoxy) is 4. The highest BCUT2D eigenvalue weighted by Gasteiger charge is 2.32. The molecule has 2 heterocycles. The number of carbonyl (C=O) groups is 1. The van der Waals surface area contributed by atoms with Crippen LogP contribution in [0.3, 0.4) is 0 Å². The Morgan fingerprint density at radius 1 is 1.05 bits per heavy atom. The average molecular weight is 567 g/mol. The maximum atomic E-state index is 13.1. The van der Waals surface area contributed by atoms with E-state index < -0.39 is 11.9 Å². The second-order valence-corrected chi connectivity index (χ2v) is 10.2. The van der Waals surface area contributed by atoms with Crippen LogP contribution in [0.1, 0.15) is 71.8 Å². The van der Waals surface area contributed by atoms with Crippen LogP contribution in [0.25, 0.3) is 11.0 Å². The summed E-state index contributed by atoms with van der Waals surface area (Å²) >= 11 is 0. The maximum Gasteiger partial charge on any atom is 0.379 e. The lowest BCUT2D eigenvalue weighted by molar-refractivity contribution is 0.0702. The van der Waals surface area contributed by atoms with Crippen LogP contribution < -0.4 is 24.7 Å². The number of nitriles is 1. The van der Waals surface area contributed by atoms with Crippen LogP contribution in [0.4, 0.5) is 0 Å². The van der Waals surface area contributed by atoms with Crippen molar-refractivity contribution in [3.63, 3.8) is 0 Å². The normalized spacial score (nSPS) is 14.2. The van der Waals surface area contributed by atoms with Crippen molar-refractivity contribution in [3.05, 3.63) is 94.1 Å². The van der Waals surface area contributed by atoms with Crippen molar-refractivity contribution in [1.29, 1.82) is 5.26 Å². The minimum atomic E-state index is -0.616. The molecule has 2 N–H and O–H groups in total. The zero-order chi connectivity index (χ0) is 29.8. The van der Waals surface area contributed by atoms with E-state index in [-0.39, 0.29) is 23.0 Å². The van der Waals surface area contributed by atoms with Crippen LogP contribution in [-0.2, 0) is 6.42 Å². The van der Waals surface area contributed by atoms with Gasteiger partial charge in [0.1, 0.15) is 28.7 Å². The Balaban J connectivity index is 1.43. The zero-order valence-electron chi connectivity index (χ0n) is 24.3. The molecule has 0 bridgehead atoms. The zero-order valence-corrected chi connectivity index (χ0v) is 24.3. The summed E-state index contributed by atoms with van der Waals surface area (Å²) in [7, 11) is 1.58. The summed E-state index contributed by atoms with van der Waals surface area (Å²) in [6.45, 7) is 6.65. The summed E-state index contributed by atoms with van der Waals surface area (Å²) in [4.78, 5) is 13.1. The number of nitrogens with zero attached hydrogens (tertiary/aromatic N) is 1. The number of unbranched alkanes of at least 4 members (excludes halogenated alkanes) is 2. The Morgan fingerprint density at radius 2 is 1.88 bits per heavy atom. The number of hydrogen-bond donors (Lipinski definition) is 1. The Kier molecular flexibility index (Phi) is 8.39. The fraction of sp³-hybridized carbons (Fsp3) is 0.294. The van der Waals surface area contributed by atoms with E-state index in [1.54, 1.807) is 25.3 Å². The van der Waals surface area contributed by atoms with Gasteiger partial charge in [-0.15, -0.1) is 0 Å². The number of furan rings is 1. The lowest BCUT2D eigenvalue weighted by Crippen LogP contribution is -2.21. The monoisotopic (exact) mass is 566 g/mol. The molecular formula is C34H34N2O6. The van der Waals surface area contributed by atoms with E-state index in [9.17, 15) is 10.1 Å². The average Bonchev–Trinajstić information content (AvgIpc) is 3.34. The van der Waals surface area contributed by atoms with Gasteiger partial charge in [-0.1, -0.05) is 44.9 Å². The van der Waals surface area contributed by atoms with Gasteiger partial charge in [0.05, 0.1) is 19.6 Å². The van der Waals surface area contributed by atoms with Gasteiger partial charge in [0.2, 0.25) is 11.6 Å². The van der Waals surface area contributed by atoms with Crippen LogP contribution in [0.2, 0.25) is 0 Å². The Hall–Kier alpha value is -4.90. The van der Waals surface area contributed by atoms with Gasteiger partial charge < -0.3 is 29.1 Å². The second kappa shape index (κ2) is 12.3. The van der Waals surface area contributed by atoms with E-state index in [0.29, 0.717) is 35.0 Å². The molecule has 0 aliphatic carbocycles. The molecule has 42 heavy (non-hydrogen) atoms. The van der Waals surface area contributed by atoms with Crippen LogP contribution in [0, 0.1) is 18.3 Å². The van der Waals surface area contributed by atoms with Gasteiger partial charge in [-0.25, -0.2) is 4.79 Å². The molecule has 0 saturated heterocycles. The highest BCUT2D eigenvalue weighted by atomic mass is 16.5. The predicted octanol–water partition coefficient (Wildman–Crippen LogP) is 7.32. The first-order chi connectivity index (χ1) is 20.4. The first-order valence-corrected chi connectivity index (χ1v) is 14.1. The van der Waals surface area contributed by atoms with Gasteiger partial charge in [0.25, 0.3) is 0 Å². The maximum absolute atomic E-state index is 13.1. The van der Waals surface area contributed by atoms with Crippen molar-refractivity contribution in [2.24, 2.45) is 5.73 Å². The van der Waals surface area contributed by atoms with Gasteiger partial charge in [-0.3, -0.25) is 0 Å². The quantitative estimate of drug-likeness (QED) is 0.121. The molecule has 1 aromatic heterocycles. The Morgan fingerprint density at radius 3 is 2.62 bits per heavy atom. The van der Waals surface area contributed by atoms with E-state index in [1.165, 1.54) is 0 Å². The highest BCUT2D eigenvalue weighted by Crippen LogP contribution is 2.45. The fourth-order valence-corrected chi connectivity index (χ4v) is 5.20. The SMILES string of the molecule is CCCCCOc1ccc(C2C(C#N)=C(N)Oc3cc(OC(=O)c4oc5ccc(CC)cc5c4C)ccc32)cc1OC. The summed E-state index contributed by atoms with van der Waals surface area (Å²) < 4.78 is 28.9. The third kappa shape index (κ3) is 5.51. The molecule has 1 aliphatic heterocycles. The van der Waals surface area contributed by atoms with Crippen molar-refractivity contribution >= 4 is 16.9 Å². The van der Waals surface area contributed by atoms with Crippen molar-refractivity contribution in [3.8, 4) is 29.1 Å². The number of aryl methyl sites for hydroxylation is 2. The molecule has 5 rings (SSSR count). The molecule has 0 radical (unpaired) electrons. The number of methoxy groups -OCH3 is 1. The second-order valence-electron chi connectivity index (χ2n) is 10.2. The summed E-state index contributed by atoms with van der Waals surface area (Å²) in [5, 5.41) is 10.9. The number of benzene rings is 3. The summed E-state index contributed by atoms with van der Waals surface area (Å²) in [6, 6.07) is 18.7. The molecule has 0 spiro atoms. The van der Waals surface area contributed by atoms with E-state index in [2.05, 4.69) is 19.9 Å². The first kappa shape index (κ1) is 28.6. The molecule has 1 aliphatic rings. The summed E-state index contributed by atoms with van der Waals surface area (Å²) in [5.74, 6) is 0.830. The standard InChI is InChI=1S/C34H34N2O6/c1-5-7-8-15-39-28-14-10-22(17-30(28)38-4)31-24-12-11-23(18-29(24)42-33(36)26(31)19-35)40-34(37)32-20(3)25-16-21(6-2)9-13-27(25)41-32/h9-14,16-18,31H,5-8,15,36H2,1-4H3. The van der Waals surface area contributed by atoms with Crippen LogP contribution in [0.15, 0.2) is 70.5 Å². The third-order valence-electron chi connectivity index (χ3n) is 7.52. The lowest BCUT2D eigenvalue weighted by Gasteiger charge is -2.27. The van der Waals surface area contributed by atoms with Crippen molar-refractivity contribution in [2.45, 2.75) is 52.4 Å². The molecule has 0 saturated carbocycles. The molecule has 0 amide bonds. The fourth-order valence-electron chi connectivity index (χ4n) is 5.20. The molecule has 8 heteroatoms. The summed E-state index contributed by atoms with van der Waals surface area (Å²) in [6.07, 6.45) is 4.03. The summed E-state index contributed by atoms with van der Waals surface area (Å²) in [5.41, 5.74) is 10.5. The molecule has 8 nitrogen and oxygen atoms in total. The van der Waals surface area contributed by atoms with Crippen molar-refractivity contribution in [1.82, 2.24) is 0 Å². The van der Waals surface area contributed by atoms with E-state index in [0.717, 1.165) is 47.8 Å². The van der Waals surface area contributed by atoms with E-state index in [1.807, 2.05) is 43.3 Å². The number of allylic oxidation sites excluding steroid dienone is 1. The first-order valence-electron chi connectivity index (χ1n) is 14.1. The van der Waals surface area contributed by atoms with E-state index in [4.69, 9.17) is 29.1 Å². The Labute approximate surface area is 245 Å². The largest absolute Gasteiger partial charge is 0.493 e. The van der Waals surface area contributed by atoms with Crippen LogP contribution in [0.5, 0.6) is 23.0 Å². The highest BCUT2D eigenvalue weighted by molar-refractivity contribution is 5.97. The predicted molar refractivity (Wildman–Crippen MR) is 159 cm³/mol. The smallest absolute Gasteiger partial charge is 0.379 e. The van der Waals surface area contributed by atoms with Gasteiger partial charge >= 0.3 is 5.97 Å². The third-order valence-corrected chi connectivity index (χ3v) is 7.52. The molecule has 1 atom stereocenters. The van der Waals surface area contributed by atoms with E-state index >= 15 is 0 Å².